The smallest absolute Gasteiger partial charge is 0.339 e. The van der Waals surface area contributed by atoms with Crippen LogP contribution in [0.3, 0.4) is 0 Å². The summed E-state index contributed by atoms with van der Waals surface area (Å²) in [5, 5.41) is 10.8. The van der Waals surface area contributed by atoms with E-state index in [9.17, 15) is 14.7 Å². The molecular formula is C18H19NO4. The Morgan fingerprint density at radius 3 is 2.70 bits per heavy atom. The van der Waals surface area contributed by atoms with E-state index in [2.05, 4.69) is 6.92 Å². The minimum atomic E-state index is -0.666. The molecule has 0 saturated heterocycles. The highest BCUT2D eigenvalue weighted by molar-refractivity contribution is 6.03. The molecule has 0 fully saturated rings. The number of para-hydroxylation sites is 1. The molecule has 0 radical (unpaired) electrons. The number of aromatic nitrogens is 1. The molecule has 1 aromatic carbocycles. The van der Waals surface area contributed by atoms with Crippen LogP contribution in [0.1, 0.15) is 32.6 Å². The molecule has 0 saturated carbocycles. The van der Waals surface area contributed by atoms with E-state index < -0.39 is 5.63 Å². The third-order valence-electron chi connectivity index (χ3n) is 4.07. The molecule has 0 aliphatic heterocycles. The molecule has 0 aliphatic rings. The Labute approximate surface area is 132 Å². The number of unbranched alkanes of at least 4 members (excludes halogenated alkanes) is 3. The number of hydrogen-bond acceptors (Lipinski definition) is 4. The molecule has 0 unspecified atom stereocenters. The van der Waals surface area contributed by atoms with Gasteiger partial charge in [-0.2, -0.15) is 0 Å². The van der Waals surface area contributed by atoms with Gasteiger partial charge in [-0.1, -0.05) is 38.3 Å². The zero-order valence-electron chi connectivity index (χ0n) is 13.0. The lowest BCUT2D eigenvalue weighted by atomic mass is 10.1. The summed E-state index contributed by atoms with van der Waals surface area (Å²) in [5.41, 5.74) is -0.118. The second-order valence-corrected chi connectivity index (χ2v) is 5.69. The van der Waals surface area contributed by atoms with E-state index in [0.29, 0.717) is 11.9 Å². The molecule has 2 aromatic heterocycles. The van der Waals surface area contributed by atoms with Crippen molar-refractivity contribution >= 4 is 21.9 Å². The monoisotopic (exact) mass is 313 g/mol. The van der Waals surface area contributed by atoms with Crippen molar-refractivity contribution < 1.29 is 9.52 Å². The predicted octanol–water partition coefficient (Wildman–Crippen LogP) is 3.39. The summed E-state index contributed by atoms with van der Waals surface area (Å²) < 4.78 is 6.87. The first kappa shape index (κ1) is 15.3. The Kier molecular flexibility index (Phi) is 4.19. The van der Waals surface area contributed by atoms with Gasteiger partial charge in [0.15, 0.2) is 5.58 Å². The van der Waals surface area contributed by atoms with Crippen LogP contribution in [-0.4, -0.2) is 9.67 Å². The van der Waals surface area contributed by atoms with Gasteiger partial charge in [0.25, 0.3) is 5.56 Å². The lowest BCUT2D eigenvalue weighted by molar-refractivity contribution is 0.467. The van der Waals surface area contributed by atoms with Crippen molar-refractivity contribution in [1.82, 2.24) is 4.57 Å². The minimum Gasteiger partial charge on any atom is -0.507 e. The first-order valence-corrected chi connectivity index (χ1v) is 7.92. The Bertz CT molecular complexity index is 968. The maximum atomic E-state index is 12.8. The van der Waals surface area contributed by atoms with Crippen LogP contribution < -0.4 is 11.2 Å². The molecule has 5 heteroatoms. The van der Waals surface area contributed by atoms with Gasteiger partial charge in [-0.15, -0.1) is 0 Å². The Morgan fingerprint density at radius 2 is 1.91 bits per heavy atom. The summed E-state index contributed by atoms with van der Waals surface area (Å²) in [7, 11) is 0. The Balaban J connectivity index is 2.28. The summed E-state index contributed by atoms with van der Waals surface area (Å²) in [4.78, 5) is 24.3. The molecule has 5 nitrogen and oxygen atoms in total. The van der Waals surface area contributed by atoms with Gasteiger partial charge < -0.3 is 14.1 Å². The van der Waals surface area contributed by atoms with E-state index in [0.717, 1.165) is 37.3 Å². The highest BCUT2D eigenvalue weighted by Crippen LogP contribution is 2.26. The highest BCUT2D eigenvalue weighted by Gasteiger charge is 2.16. The molecule has 3 rings (SSSR count). The third-order valence-corrected chi connectivity index (χ3v) is 4.07. The van der Waals surface area contributed by atoms with Crippen LogP contribution in [-0.2, 0) is 6.54 Å². The first-order chi connectivity index (χ1) is 11.1. The maximum absolute atomic E-state index is 12.8. The molecular weight excluding hydrogens is 294 g/mol. The van der Waals surface area contributed by atoms with Gasteiger partial charge in [0.2, 0.25) is 0 Å². The Hall–Kier alpha value is -2.56. The lowest BCUT2D eigenvalue weighted by Gasteiger charge is -2.12. The normalized spacial score (nSPS) is 11.3. The van der Waals surface area contributed by atoms with Crippen LogP contribution in [0.5, 0.6) is 5.75 Å². The topological polar surface area (TPSA) is 72.4 Å². The van der Waals surface area contributed by atoms with Gasteiger partial charge in [-0.05, 0) is 18.6 Å². The van der Waals surface area contributed by atoms with Crippen LogP contribution in [0.25, 0.3) is 21.9 Å². The van der Waals surface area contributed by atoms with E-state index in [1.54, 1.807) is 10.6 Å². The van der Waals surface area contributed by atoms with Crippen LogP contribution in [0, 0.1) is 0 Å². The van der Waals surface area contributed by atoms with Crippen LogP contribution in [0.15, 0.2) is 44.3 Å². The second kappa shape index (κ2) is 6.28. The average molecular weight is 313 g/mol. The number of aromatic hydroxyl groups is 1. The fourth-order valence-electron chi connectivity index (χ4n) is 2.94. The van der Waals surface area contributed by atoms with Crippen molar-refractivity contribution in [3.63, 3.8) is 0 Å². The third kappa shape index (κ3) is 2.74. The molecule has 0 aliphatic carbocycles. The molecule has 0 atom stereocenters. The summed E-state index contributed by atoms with van der Waals surface area (Å²) in [6.45, 7) is 2.71. The standard InChI is InChI=1S/C18H19NO4/c1-2-3-4-7-10-19-13-9-6-5-8-12(13)17-16(18(19)22)14(20)11-15(21)23-17/h5-6,8-9,11,20H,2-4,7,10H2,1H3. The summed E-state index contributed by atoms with van der Waals surface area (Å²) in [6, 6.07) is 8.23. The fraction of sp³-hybridized carbons (Fsp3) is 0.333. The van der Waals surface area contributed by atoms with Gasteiger partial charge in [-0.25, -0.2) is 4.79 Å². The fourth-order valence-corrected chi connectivity index (χ4v) is 2.94. The van der Waals surface area contributed by atoms with Crippen molar-refractivity contribution in [3.8, 4) is 5.75 Å². The first-order valence-electron chi connectivity index (χ1n) is 7.92. The van der Waals surface area contributed by atoms with Gasteiger partial charge in [0.05, 0.1) is 11.6 Å². The van der Waals surface area contributed by atoms with E-state index in [4.69, 9.17) is 4.42 Å². The summed E-state index contributed by atoms with van der Waals surface area (Å²) in [6.07, 6.45) is 4.19. The molecule has 0 amide bonds. The summed E-state index contributed by atoms with van der Waals surface area (Å²) in [5.74, 6) is -0.325. The van der Waals surface area contributed by atoms with Crippen molar-refractivity contribution in [2.24, 2.45) is 0 Å². The van der Waals surface area contributed by atoms with Crippen LogP contribution in [0.4, 0.5) is 0 Å². The SMILES string of the molecule is CCCCCCn1c(=O)c2c(O)cc(=O)oc2c2ccccc21. The number of benzene rings is 1. The van der Waals surface area contributed by atoms with Gasteiger partial charge in [0.1, 0.15) is 11.1 Å². The van der Waals surface area contributed by atoms with Gasteiger partial charge in [-0.3, -0.25) is 4.79 Å². The zero-order valence-corrected chi connectivity index (χ0v) is 13.0. The molecule has 120 valence electrons. The number of aryl methyl sites for hydroxylation is 1. The van der Waals surface area contributed by atoms with Crippen molar-refractivity contribution in [1.29, 1.82) is 0 Å². The van der Waals surface area contributed by atoms with E-state index >= 15 is 0 Å². The molecule has 23 heavy (non-hydrogen) atoms. The van der Waals surface area contributed by atoms with E-state index in [1.165, 1.54) is 0 Å². The molecule has 0 bridgehead atoms. The molecule has 0 spiro atoms. The van der Waals surface area contributed by atoms with Gasteiger partial charge >= 0.3 is 5.63 Å². The number of pyridine rings is 1. The van der Waals surface area contributed by atoms with Crippen molar-refractivity contribution in [3.05, 3.63) is 51.1 Å². The number of nitrogens with zero attached hydrogens (tertiary/aromatic N) is 1. The Morgan fingerprint density at radius 1 is 1.13 bits per heavy atom. The number of hydrogen-bond donors (Lipinski definition) is 1. The lowest BCUT2D eigenvalue weighted by Crippen LogP contribution is -2.21. The van der Waals surface area contributed by atoms with Crippen molar-refractivity contribution in [2.45, 2.75) is 39.2 Å². The van der Waals surface area contributed by atoms with Gasteiger partial charge in [0, 0.05) is 11.9 Å². The van der Waals surface area contributed by atoms with Crippen molar-refractivity contribution in [2.75, 3.05) is 0 Å². The molecule has 3 aromatic rings. The highest BCUT2D eigenvalue weighted by atomic mass is 16.4. The maximum Gasteiger partial charge on any atom is 0.339 e. The zero-order chi connectivity index (χ0) is 16.4. The van der Waals surface area contributed by atoms with E-state index in [1.807, 2.05) is 18.2 Å². The number of rotatable bonds is 5. The average Bonchev–Trinajstić information content (AvgIpc) is 2.53. The second-order valence-electron chi connectivity index (χ2n) is 5.69. The summed E-state index contributed by atoms with van der Waals surface area (Å²) >= 11 is 0. The minimum absolute atomic E-state index is 0.0683. The predicted molar refractivity (Wildman–Crippen MR) is 90.1 cm³/mol. The number of fused-ring (bicyclic) bond motifs is 3. The van der Waals surface area contributed by atoms with E-state index in [-0.39, 0.29) is 22.3 Å². The molecule has 2 heterocycles. The van der Waals surface area contributed by atoms with Crippen LogP contribution in [0.2, 0.25) is 0 Å². The largest absolute Gasteiger partial charge is 0.507 e. The molecule has 1 N–H and O–H groups in total. The van der Waals surface area contributed by atoms with Crippen LogP contribution >= 0.6 is 0 Å². The quantitative estimate of drug-likeness (QED) is 0.579.